The van der Waals surface area contributed by atoms with Crippen molar-refractivity contribution in [2.45, 2.75) is 85.1 Å². The first-order valence-corrected chi connectivity index (χ1v) is 15.2. The average molecular weight is 536 g/mol. The van der Waals surface area contributed by atoms with Crippen LogP contribution >= 0.6 is 0 Å². The van der Waals surface area contributed by atoms with E-state index in [1.165, 1.54) is 41.6 Å². The summed E-state index contributed by atoms with van der Waals surface area (Å²) in [6.45, 7) is 9.05. The van der Waals surface area contributed by atoms with Gasteiger partial charge in [0.25, 0.3) is 0 Å². The van der Waals surface area contributed by atoms with Crippen LogP contribution in [-0.4, -0.2) is 37.3 Å². The van der Waals surface area contributed by atoms with E-state index in [1.807, 2.05) is 24.2 Å². The minimum absolute atomic E-state index is 0.0911. The highest BCUT2D eigenvalue weighted by Gasteiger charge is 2.45. The van der Waals surface area contributed by atoms with E-state index in [0.29, 0.717) is 18.9 Å². The van der Waals surface area contributed by atoms with Gasteiger partial charge in [-0.1, -0.05) is 37.6 Å². The SMILES string of the molecule is CC1=CC(c2ncc(C3=C4CC5CCC5C4=C(C4=CC=C(c5cnc(C)[nH]5)CC4)CC3)[nH]2)N(C(=O)CC(C)C)C1. The molecule has 2 fully saturated rings. The lowest BCUT2D eigenvalue weighted by atomic mass is 9.71. The monoisotopic (exact) mass is 535 g/mol. The second-order valence-electron chi connectivity index (χ2n) is 13.0. The van der Waals surface area contributed by atoms with Crippen LogP contribution in [0.1, 0.15) is 101 Å². The molecule has 6 heteroatoms. The number of rotatable bonds is 6. The molecule has 40 heavy (non-hydrogen) atoms. The number of hydrogen-bond acceptors (Lipinski definition) is 3. The first kappa shape index (κ1) is 25.6. The third-order valence-corrected chi connectivity index (χ3v) is 9.78. The zero-order chi connectivity index (χ0) is 27.5. The third-order valence-electron chi connectivity index (χ3n) is 9.78. The van der Waals surface area contributed by atoms with Gasteiger partial charge in [0, 0.05) is 13.0 Å². The van der Waals surface area contributed by atoms with E-state index >= 15 is 0 Å². The Morgan fingerprint density at radius 1 is 0.950 bits per heavy atom. The van der Waals surface area contributed by atoms with Crippen molar-refractivity contribution in [1.29, 1.82) is 0 Å². The average Bonchev–Trinajstić information content (AvgIpc) is 3.69. The van der Waals surface area contributed by atoms with Gasteiger partial charge in [-0.25, -0.2) is 9.97 Å². The molecule has 3 unspecified atom stereocenters. The minimum atomic E-state index is -0.0911. The van der Waals surface area contributed by atoms with E-state index in [-0.39, 0.29) is 11.9 Å². The van der Waals surface area contributed by atoms with Crippen molar-refractivity contribution in [1.82, 2.24) is 24.8 Å². The molecule has 5 aliphatic rings. The number of aryl methyl sites for hydroxylation is 1. The fourth-order valence-electron chi connectivity index (χ4n) is 7.70. The first-order valence-electron chi connectivity index (χ1n) is 15.2. The predicted octanol–water partition coefficient (Wildman–Crippen LogP) is 7.39. The number of aromatic amines is 2. The quantitative estimate of drug-likeness (QED) is 0.379. The van der Waals surface area contributed by atoms with Crippen molar-refractivity contribution in [2.75, 3.05) is 6.54 Å². The Kier molecular flexibility index (Phi) is 6.32. The Morgan fingerprint density at radius 3 is 2.42 bits per heavy atom. The van der Waals surface area contributed by atoms with Crippen LogP contribution in [0, 0.1) is 24.7 Å². The molecule has 4 aliphatic carbocycles. The predicted molar refractivity (Wildman–Crippen MR) is 159 cm³/mol. The number of H-pyrrole nitrogens is 2. The van der Waals surface area contributed by atoms with Gasteiger partial charge in [0.2, 0.25) is 5.91 Å². The fraction of sp³-hybridized carbons (Fsp3) is 0.500. The number of imidazole rings is 2. The molecule has 0 saturated heterocycles. The Bertz CT molecular complexity index is 1520. The number of aromatic nitrogens is 4. The Labute approximate surface area is 237 Å². The van der Waals surface area contributed by atoms with Gasteiger partial charge in [0.1, 0.15) is 17.7 Å². The maximum Gasteiger partial charge on any atom is 0.223 e. The normalized spacial score (nSPS) is 26.1. The highest BCUT2D eigenvalue weighted by molar-refractivity contribution is 5.79. The fourth-order valence-corrected chi connectivity index (χ4v) is 7.70. The molecule has 2 aromatic heterocycles. The summed E-state index contributed by atoms with van der Waals surface area (Å²) in [5, 5.41) is 0. The minimum Gasteiger partial charge on any atom is -0.343 e. The lowest BCUT2D eigenvalue weighted by Crippen LogP contribution is -2.32. The number of carbonyl (C=O) groups is 1. The van der Waals surface area contributed by atoms with Gasteiger partial charge in [0.05, 0.1) is 23.8 Å². The number of amides is 1. The van der Waals surface area contributed by atoms with Crippen LogP contribution in [0.25, 0.3) is 11.1 Å². The van der Waals surface area contributed by atoms with Crippen LogP contribution < -0.4 is 0 Å². The highest BCUT2D eigenvalue weighted by Crippen LogP contribution is 2.59. The zero-order valence-electron chi connectivity index (χ0n) is 24.3. The third kappa shape index (κ3) is 4.36. The summed E-state index contributed by atoms with van der Waals surface area (Å²) < 4.78 is 0. The van der Waals surface area contributed by atoms with Gasteiger partial charge in [0.15, 0.2) is 0 Å². The van der Waals surface area contributed by atoms with Crippen LogP contribution in [0.3, 0.4) is 0 Å². The van der Waals surface area contributed by atoms with E-state index in [4.69, 9.17) is 4.98 Å². The molecule has 208 valence electrons. The van der Waals surface area contributed by atoms with Crippen LogP contribution in [0.15, 0.2) is 58.5 Å². The Balaban J connectivity index is 1.20. The first-order chi connectivity index (χ1) is 19.4. The molecule has 1 amide bonds. The summed E-state index contributed by atoms with van der Waals surface area (Å²) in [5.41, 5.74) is 12.8. The summed E-state index contributed by atoms with van der Waals surface area (Å²) in [4.78, 5) is 31.4. The van der Waals surface area contributed by atoms with Gasteiger partial charge in [-0.3, -0.25) is 4.79 Å². The molecule has 2 aromatic rings. The maximum atomic E-state index is 13.0. The summed E-state index contributed by atoms with van der Waals surface area (Å²) in [6, 6.07) is -0.0911. The summed E-state index contributed by atoms with van der Waals surface area (Å²) in [7, 11) is 0. The van der Waals surface area contributed by atoms with E-state index < -0.39 is 0 Å². The van der Waals surface area contributed by atoms with Crippen LogP contribution in [0.5, 0.6) is 0 Å². The molecule has 0 radical (unpaired) electrons. The Morgan fingerprint density at radius 2 is 1.73 bits per heavy atom. The largest absolute Gasteiger partial charge is 0.343 e. The summed E-state index contributed by atoms with van der Waals surface area (Å²) in [5.74, 6) is 3.98. The van der Waals surface area contributed by atoms with E-state index in [2.05, 4.69) is 54.0 Å². The molecule has 0 bridgehead atoms. The lowest BCUT2D eigenvalue weighted by molar-refractivity contribution is -0.132. The van der Waals surface area contributed by atoms with Crippen LogP contribution in [-0.2, 0) is 4.79 Å². The Hall–Kier alpha value is -3.41. The van der Waals surface area contributed by atoms with Gasteiger partial charge in [-0.05, 0) is 110 Å². The number of fused-ring (bicyclic) bond motifs is 3. The number of nitrogens with zero attached hydrogens (tertiary/aromatic N) is 3. The van der Waals surface area contributed by atoms with Crippen molar-refractivity contribution in [3.8, 4) is 0 Å². The van der Waals surface area contributed by atoms with Crippen LogP contribution in [0.4, 0.5) is 0 Å². The number of allylic oxidation sites excluding steroid dienone is 8. The molecule has 2 N–H and O–H groups in total. The van der Waals surface area contributed by atoms with Crippen molar-refractivity contribution in [3.63, 3.8) is 0 Å². The molecular formula is C34H41N5O. The molecule has 1 aliphatic heterocycles. The van der Waals surface area contributed by atoms with Crippen molar-refractivity contribution in [2.24, 2.45) is 17.8 Å². The smallest absolute Gasteiger partial charge is 0.223 e. The number of hydrogen-bond donors (Lipinski definition) is 2. The van der Waals surface area contributed by atoms with Gasteiger partial charge in [-0.15, -0.1) is 0 Å². The second kappa shape index (κ2) is 9.90. The number of carbonyl (C=O) groups excluding carboxylic acids is 1. The standard InChI is InChI=1S/C34H41N5O/c1-19(2)13-32(40)39-18-20(3)14-31(39)34-36-17-30(38-34)27-12-11-25(33-26-10-9-24(26)15-28(27)33)22-5-7-23(8-6-22)29-16-35-21(4)37-29/h5,7,14,16-17,19,24,26,31H,6,8-13,15,18H2,1-4H3,(H,35,37)(H,36,38). The zero-order valence-corrected chi connectivity index (χ0v) is 24.3. The molecular weight excluding hydrogens is 494 g/mol. The molecule has 0 aromatic carbocycles. The van der Waals surface area contributed by atoms with E-state index in [9.17, 15) is 4.79 Å². The van der Waals surface area contributed by atoms with Gasteiger partial charge in [-0.2, -0.15) is 0 Å². The molecule has 0 spiro atoms. The molecule has 3 heterocycles. The van der Waals surface area contributed by atoms with E-state index in [1.54, 1.807) is 16.7 Å². The van der Waals surface area contributed by atoms with Gasteiger partial charge >= 0.3 is 0 Å². The second-order valence-corrected chi connectivity index (χ2v) is 13.0. The van der Waals surface area contributed by atoms with Crippen molar-refractivity contribution in [3.05, 3.63) is 81.5 Å². The topological polar surface area (TPSA) is 77.7 Å². The molecule has 3 atom stereocenters. The molecule has 6 nitrogen and oxygen atoms in total. The molecule has 7 rings (SSSR count). The molecule has 2 saturated carbocycles. The van der Waals surface area contributed by atoms with Crippen molar-refractivity contribution >= 4 is 17.1 Å². The highest BCUT2D eigenvalue weighted by atomic mass is 16.2. The maximum absolute atomic E-state index is 13.0. The van der Waals surface area contributed by atoms with Crippen LogP contribution in [0.2, 0.25) is 0 Å². The summed E-state index contributed by atoms with van der Waals surface area (Å²) >= 11 is 0. The van der Waals surface area contributed by atoms with E-state index in [0.717, 1.165) is 60.6 Å². The number of nitrogens with one attached hydrogen (secondary N) is 2. The van der Waals surface area contributed by atoms with Crippen molar-refractivity contribution < 1.29 is 4.79 Å². The van der Waals surface area contributed by atoms with Gasteiger partial charge < -0.3 is 14.9 Å². The summed E-state index contributed by atoms with van der Waals surface area (Å²) in [6.07, 6.45) is 19.7. The lowest BCUT2D eigenvalue weighted by Gasteiger charge is -2.33.